The van der Waals surface area contributed by atoms with Crippen molar-refractivity contribution in [2.75, 3.05) is 26.9 Å². The van der Waals surface area contributed by atoms with Crippen LogP contribution in [0.1, 0.15) is 44.1 Å². The van der Waals surface area contributed by atoms with Gasteiger partial charge in [-0.05, 0) is 43.4 Å². The first kappa shape index (κ1) is 17.1. The fourth-order valence-corrected chi connectivity index (χ4v) is 3.90. The summed E-state index contributed by atoms with van der Waals surface area (Å²) >= 11 is 0. The van der Waals surface area contributed by atoms with Crippen molar-refractivity contribution in [2.24, 2.45) is 0 Å². The average molecular weight is 332 g/mol. The Morgan fingerprint density at radius 3 is 2.75 bits per heavy atom. The number of nitrogens with one attached hydrogen (secondary N) is 2. The van der Waals surface area contributed by atoms with Crippen LogP contribution in [-0.2, 0) is 10.2 Å². The molecule has 24 heavy (non-hydrogen) atoms. The number of carbonyl (C=O) groups is 1. The zero-order valence-corrected chi connectivity index (χ0v) is 14.5. The maximum Gasteiger partial charge on any atom is 0.315 e. The molecule has 0 bridgehead atoms. The van der Waals surface area contributed by atoms with Crippen molar-refractivity contribution >= 4 is 6.03 Å². The molecule has 1 saturated heterocycles. The van der Waals surface area contributed by atoms with Gasteiger partial charge in [0.2, 0.25) is 0 Å². The molecule has 2 amide bonds. The molecule has 2 N–H and O–H groups in total. The maximum absolute atomic E-state index is 12.3. The van der Waals surface area contributed by atoms with Gasteiger partial charge in [-0.1, -0.05) is 25.0 Å². The number of urea groups is 1. The number of hydrogen-bond donors (Lipinski definition) is 2. The van der Waals surface area contributed by atoms with Gasteiger partial charge in [-0.3, -0.25) is 0 Å². The molecule has 3 rings (SSSR count). The van der Waals surface area contributed by atoms with Crippen LogP contribution in [0, 0.1) is 0 Å². The van der Waals surface area contributed by atoms with Crippen molar-refractivity contribution in [2.45, 2.75) is 50.0 Å². The molecule has 1 saturated carbocycles. The smallest absolute Gasteiger partial charge is 0.315 e. The van der Waals surface area contributed by atoms with E-state index in [9.17, 15) is 4.79 Å². The van der Waals surface area contributed by atoms with Gasteiger partial charge in [-0.15, -0.1) is 0 Å². The van der Waals surface area contributed by atoms with Crippen molar-refractivity contribution in [3.63, 3.8) is 0 Å². The van der Waals surface area contributed by atoms with E-state index in [0.29, 0.717) is 6.54 Å². The third kappa shape index (κ3) is 4.01. The van der Waals surface area contributed by atoms with Crippen molar-refractivity contribution in [1.82, 2.24) is 10.6 Å². The molecule has 0 unspecified atom stereocenters. The van der Waals surface area contributed by atoms with Gasteiger partial charge in [0, 0.05) is 31.2 Å². The zero-order chi connectivity index (χ0) is 16.8. The van der Waals surface area contributed by atoms with Crippen molar-refractivity contribution in [3.05, 3.63) is 29.8 Å². The predicted octanol–water partition coefficient (Wildman–Crippen LogP) is 2.99. The van der Waals surface area contributed by atoms with Crippen LogP contribution in [0.2, 0.25) is 0 Å². The third-order valence-corrected chi connectivity index (χ3v) is 5.39. The lowest BCUT2D eigenvalue weighted by molar-refractivity contribution is 0.0800. The van der Waals surface area contributed by atoms with E-state index in [1.165, 1.54) is 18.4 Å². The second-order valence-corrected chi connectivity index (χ2v) is 6.93. The molecule has 1 aliphatic heterocycles. The van der Waals surface area contributed by atoms with E-state index in [-0.39, 0.29) is 17.5 Å². The van der Waals surface area contributed by atoms with Gasteiger partial charge in [-0.2, -0.15) is 0 Å². The molecule has 2 aliphatic rings. The second-order valence-electron chi connectivity index (χ2n) is 6.93. The van der Waals surface area contributed by atoms with E-state index in [2.05, 4.69) is 22.8 Å². The minimum Gasteiger partial charge on any atom is -0.497 e. The quantitative estimate of drug-likeness (QED) is 0.871. The van der Waals surface area contributed by atoms with Gasteiger partial charge in [0.1, 0.15) is 5.75 Å². The first-order valence-electron chi connectivity index (χ1n) is 8.98. The number of rotatable bonds is 5. The third-order valence-electron chi connectivity index (χ3n) is 5.39. The van der Waals surface area contributed by atoms with Crippen LogP contribution in [-0.4, -0.2) is 38.9 Å². The summed E-state index contributed by atoms with van der Waals surface area (Å²) in [5.41, 5.74) is 1.30. The molecule has 0 atom stereocenters. The molecule has 1 heterocycles. The summed E-state index contributed by atoms with van der Waals surface area (Å²) in [5.74, 6) is 0.880. The average Bonchev–Trinajstić information content (AvgIpc) is 3.11. The second kappa shape index (κ2) is 7.88. The van der Waals surface area contributed by atoms with E-state index in [4.69, 9.17) is 9.47 Å². The lowest BCUT2D eigenvalue weighted by Crippen LogP contribution is -2.48. The summed E-state index contributed by atoms with van der Waals surface area (Å²) in [4.78, 5) is 12.3. The minimum atomic E-state index is -0.0592. The Bertz CT molecular complexity index is 549. The fraction of sp³-hybridized carbons (Fsp3) is 0.632. The number of hydrogen-bond acceptors (Lipinski definition) is 3. The normalized spacial score (nSPS) is 20.5. The van der Waals surface area contributed by atoms with Gasteiger partial charge in [0.05, 0.1) is 7.11 Å². The molecular weight excluding hydrogens is 304 g/mol. The molecule has 1 aromatic rings. The molecule has 0 radical (unpaired) electrons. The summed E-state index contributed by atoms with van der Waals surface area (Å²) in [6.07, 6.45) is 6.43. The lowest BCUT2D eigenvalue weighted by atomic mass is 9.78. The highest BCUT2D eigenvalue weighted by molar-refractivity contribution is 5.74. The van der Waals surface area contributed by atoms with Crippen LogP contribution in [0.3, 0.4) is 0 Å². The van der Waals surface area contributed by atoms with Crippen LogP contribution in [0.5, 0.6) is 5.75 Å². The molecular formula is C19H28N2O3. The monoisotopic (exact) mass is 332 g/mol. The maximum atomic E-state index is 12.3. The van der Waals surface area contributed by atoms with Gasteiger partial charge in [-0.25, -0.2) is 4.79 Å². The van der Waals surface area contributed by atoms with Crippen LogP contribution in [0.25, 0.3) is 0 Å². The molecule has 5 nitrogen and oxygen atoms in total. The number of ether oxygens (including phenoxy) is 2. The highest BCUT2D eigenvalue weighted by Crippen LogP contribution is 2.41. The molecule has 5 heteroatoms. The summed E-state index contributed by atoms with van der Waals surface area (Å²) in [6.45, 7) is 2.15. The van der Waals surface area contributed by atoms with E-state index in [1.54, 1.807) is 7.11 Å². The van der Waals surface area contributed by atoms with Crippen molar-refractivity contribution < 1.29 is 14.3 Å². The number of methoxy groups -OCH3 is 1. The summed E-state index contributed by atoms with van der Waals surface area (Å²) in [5, 5.41) is 6.20. The molecule has 2 fully saturated rings. The zero-order valence-electron chi connectivity index (χ0n) is 14.5. The van der Waals surface area contributed by atoms with Crippen LogP contribution in [0.15, 0.2) is 24.3 Å². The van der Waals surface area contributed by atoms with E-state index in [1.807, 2.05) is 12.1 Å². The van der Waals surface area contributed by atoms with Gasteiger partial charge in [0.25, 0.3) is 0 Å². The Hall–Kier alpha value is -1.75. The first-order valence-corrected chi connectivity index (χ1v) is 8.98. The Kier molecular flexibility index (Phi) is 5.61. The minimum absolute atomic E-state index is 0.0293. The Morgan fingerprint density at radius 1 is 1.29 bits per heavy atom. The molecule has 0 spiro atoms. The van der Waals surface area contributed by atoms with Gasteiger partial charge >= 0.3 is 6.03 Å². The Labute approximate surface area is 144 Å². The first-order chi connectivity index (χ1) is 11.7. The van der Waals surface area contributed by atoms with Crippen molar-refractivity contribution in [3.8, 4) is 5.75 Å². The number of benzene rings is 1. The fourth-order valence-electron chi connectivity index (χ4n) is 3.90. The van der Waals surface area contributed by atoms with E-state index in [0.717, 1.165) is 44.6 Å². The summed E-state index contributed by atoms with van der Waals surface area (Å²) in [7, 11) is 1.69. The largest absolute Gasteiger partial charge is 0.497 e. The van der Waals surface area contributed by atoms with Crippen LogP contribution < -0.4 is 15.4 Å². The summed E-state index contributed by atoms with van der Waals surface area (Å²) < 4.78 is 10.7. The highest BCUT2D eigenvalue weighted by atomic mass is 16.5. The van der Waals surface area contributed by atoms with E-state index < -0.39 is 0 Å². The summed E-state index contributed by atoms with van der Waals surface area (Å²) in [6, 6.07) is 8.45. The van der Waals surface area contributed by atoms with Gasteiger partial charge in [0.15, 0.2) is 0 Å². The lowest BCUT2D eigenvalue weighted by Gasteiger charge is -2.31. The number of amides is 2. The number of carbonyl (C=O) groups excluding carboxylic acids is 1. The topological polar surface area (TPSA) is 59.6 Å². The SMILES string of the molecule is COc1cccc(C2(CNC(=O)NC3CCOCC3)CCCC2)c1. The highest BCUT2D eigenvalue weighted by Gasteiger charge is 2.36. The Balaban J connectivity index is 1.62. The molecule has 1 aromatic carbocycles. The van der Waals surface area contributed by atoms with Crippen molar-refractivity contribution in [1.29, 1.82) is 0 Å². The standard InChI is InChI=1S/C19H28N2O3/c1-23-17-6-4-5-15(13-17)19(9-2-3-10-19)14-20-18(22)21-16-7-11-24-12-8-16/h4-6,13,16H,2-3,7-12,14H2,1H3,(H2,20,21,22). The van der Waals surface area contributed by atoms with Crippen LogP contribution >= 0.6 is 0 Å². The Morgan fingerprint density at radius 2 is 2.04 bits per heavy atom. The predicted molar refractivity (Wildman–Crippen MR) is 93.5 cm³/mol. The molecule has 132 valence electrons. The van der Waals surface area contributed by atoms with Gasteiger partial charge < -0.3 is 20.1 Å². The van der Waals surface area contributed by atoms with Crippen LogP contribution in [0.4, 0.5) is 4.79 Å². The van der Waals surface area contributed by atoms with E-state index >= 15 is 0 Å². The molecule has 1 aliphatic carbocycles. The molecule has 0 aromatic heterocycles.